The number of ether oxygens (including phenoxy) is 1. The zero-order valence-corrected chi connectivity index (χ0v) is 12.1. The van der Waals surface area contributed by atoms with Crippen molar-refractivity contribution < 1.29 is 9.53 Å². The SMILES string of the molecule is CNC(C)(CCN(C)c1ccccc1OC)C(N)=O. The second-order valence-corrected chi connectivity index (χ2v) is 4.79. The van der Waals surface area contributed by atoms with Crippen LogP contribution in [0.25, 0.3) is 0 Å². The molecule has 5 heteroatoms. The Labute approximate surface area is 114 Å². The van der Waals surface area contributed by atoms with Gasteiger partial charge in [0, 0.05) is 13.6 Å². The summed E-state index contributed by atoms with van der Waals surface area (Å²) >= 11 is 0. The van der Waals surface area contributed by atoms with E-state index >= 15 is 0 Å². The lowest BCUT2D eigenvalue weighted by molar-refractivity contribution is -0.123. The third kappa shape index (κ3) is 3.61. The van der Waals surface area contributed by atoms with Gasteiger partial charge in [-0.3, -0.25) is 4.79 Å². The van der Waals surface area contributed by atoms with Crippen molar-refractivity contribution >= 4 is 11.6 Å². The van der Waals surface area contributed by atoms with Gasteiger partial charge in [0.15, 0.2) is 0 Å². The zero-order valence-electron chi connectivity index (χ0n) is 12.1. The Hall–Kier alpha value is -1.75. The van der Waals surface area contributed by atoms with E-state index < -0.39 is 5.54 Å². The summed E-state index contributed by atoms with van der Waals surface area (Å²) in [6, 6.07) is 7.79. The van der Waals surface area contributed by atoms with Crippen LogP contribution in [-0.2, 0) is 4.79 Å². The van der Waals surface area contributed by atoms with Gasteiger partial charge in [0.25, 0.3) is 0 Å². The lowest BCUT2D eigenvalue weighted by Crippen LogP contribution is -2.53. The molecule has 0 bridgehead atoms. The van der Waals surface area contributed by atoms with Crippen LogP contribution in [0.1, 0.15) is 13.3 Å². The van der Waals surface area contributed by atoms with Crippen LogP contribution in [0.15, 0.2) is 24.3 Å². The predicted molar refractivity (Wildman–Crippen MR) is 77.5 cm³/mol. The highest BCUT2D eigenvalue weighted by Crippen LogP contribution is 2.27. The van der Waals surface area contributed by atoms with Crippen molar-refractivity contribution in [3.05, 3.63) is 24.3 Å². The molecule has 3 N–H and O–H groups in total. The van der Waals surface area contributed by atoms with Gasteiger partial charge in [-0.25, -0.2) is 0 Å². The Morgan fingerprint density at radius 2 is 2.11 bits per heavy atom. The van der Waals surface area contributed by atoms with Gasteiger partial charge in [-0.1, -0.05) is 12.1 Å². The molecule has 0 radical (unpaired) electrons. The van der Waals surface area contributed by atoms with Gasteiger partial charge >= 0.3 is 0 Å². The fraction of sp³-hybridized carbons (Fsp3) is 0.500. The zero-order chi connectivity index (χ0) is 14.5. The van der Waals surface area contributed by atoms with Gasteiger partial charge < -0.3 is 20.7 Å². The van der Waals surface area contributed by atoms with Gasteiger partial charge in [0.05, 0.1) is 18.3 Å². The smallest absolute Gasteiger partial charge is 0.237 e. The van der Waals surface area contributed by atoms with Gasteiger partial charge in [-0.05, 0) is 32.5 Å². The number of para-hydroxylation sites is 2. The number of carbonyl (C=O) groups is 1. The molecule has 19 heavy (non-hydrogen) atoms. The number of amides is 1. The number of likely N-dealkylation sites (N-methyl/N-ethyl adjacent to an activating group) is 1. The molecular formula is C14H23N3O2. The molecule has 0 saturated carbocycles. The molecular weight excluding hydrogens is 242 g/mol. The number of nitrogens with two attached hydrogens (primary N) is 1. The largest absolute Gasteiger partial charge is 0.495 e. The van der Waals surface area contributed by atoms with Crippen molar-refractivity contribution in [2.75, 3.05) is 32.6 Å². The van der Waals surface area contributed by atoms with E-state index in [0.29, 0.717) is 13.0 Å². The fourth-order valence-corrected chi connectivity index (χ4v) is 1.83. The van der Waals surface area contributed by atoms with Crippen molar-refractivity contribution in [2.45, 2.75) is 18.9 Å². The standard InChI is InChI=1S/C14H23N3O2/c1-14(16-2,13(15)18)9-10-17(3)11-7-5-6-8-12(11)19-4/h5-8,16H,9-10H2,1-4H3,(H2,15,18). The number of carbonyl (C=O) groups excluding carboxylic acids is 1. The van der Waals surface area contributed by atoms with E-state index in [1.807, 2.05) is 38.2 Å². The Morgan fingerprint density at radius 3 is 2.63 bits per heavy atom. The van der Waals surface area contributed by atoms with Crippen LogP contribution >= 0.6 is 0 Å². The number of primary amides is 1. The van der Waals surface area contributed by atoms with Gasteiger partial charge in [0.2, 0.25) is 5.91 Å². The summed E-state index contributed by atoms with van der Waals surface area (Å²) in [6.45, 7) is 2.51. The van der Waals surface area contributed by atoms with Gasteiger partial charge in [0.1, 0.15) is 5.75 Å². The summed E-state index contributed by atoms with van der Waals surface area (Å²) in [5.74, 6) is 0.471. The van der Waals surface area contributed by atoms with Crippen LogP contribution < -0.4 is 20.7 Å². The third-order valence-corrected chi connectivity index (χ3v) is 3.54. The van der Waals surface area contributed by atoms with Crippen LogP contribution in [0.3, 0.4) is 0 Å². The number of nitrogens with one attached hydrogen (secondary N) is 1. The molecule has 0 saturated heterocycles. The van der Waals surface area contributed by atoms with E-state index in [9.17, 15) is 4.79 Å². The van der Waals surface area contributed by atoms with Crippen LogP contribution in [0.5, 0.6) is 5.75 Å². The minimum Gasteiger partial charge on any atom is -0.495 e. The first kappa shape index (κ1) is 15.3. The maximum Gasteiger partial charge on any atom is 0.237 e. The highest BCUT2D eigenvalue weighted by Gasteiger charge is 2.29. The second-order valence-electron chi connectivity index (χ2n) is 4.79. The van der Waals surface area contributed by atoms with Crippen molar-refractivity contribution in [1.29, 1.82) is 0 Å². The highest BCUT2D eigenvalue weighted by atomic mass is 16.5. The maximum atomic E-state index is 11.4. The Balaban J connectivity index is 2.75. The molecule has 0 aliphatic heterocycles. The summed E-state index contributed by atoms with van der Waals surface area (Å²) < 4.78 is 5.32. The molecule has 1 rings (SSSR count). The molecule has 0 spiro atoms. The lowest BCUT2D eigenvalue weighted by Gasteiger charge is -2.29. The number of methoxy groups -OCH3 is 1. The molecule has 1 atom stereocenters. The number of anilines is 1. The van der Waals surface area contributed by atoms with Crippen molar-refractivity contribution in [2.24, 2.45) is 5.73 Å². The molecule has 1 unspecified atom stereocenters. The molecule has 1 aromatic carbocycles. The number of benzene rings is 1. The average Bonchev–Trinajstić information content (AvgIpc) is 2.43. The molecule has 0 aliphatic carbocycles. The first-order valence-electron chi connectivity index (χ1n) is 6.27. The van der Waals surface area contributed by atoms with Crippen molar-refractivity contribution in [3.8, 4) is 5.75 Å². The topological polar surface area (TPSA) is 67.6 Å². The van der Waals surface area contributed by atoms with Crippen LogP contribution in [0.4, 0.5) is 5.69 Å². The first-order valence-corrected chi connectivity index (χ1v) is 6.27. The normalized spacial score (nSPS) is 13.7. The Bertz CT molecular complexity index is 436. The molecule has 0 aromatic heterocycles. The molecule has 1 amide bonds. The van der Waals surface area contributed by atoms with E-state index in [0.717, 1.165) is 11.4 Å². The van der Waals surface area contributed by atoms with E-state index in [1.54, 1.807) is 14.2 Å². The quantitative estimate of drug-likeness (QED) is 0.771. The summed E-state index contributed by atoms with van der Waals surface area (Å²) in [4.78, 5) is 13.5. The van der Waals surface area contributed by atoms with E-state index in [-0.39, 0.29) is 5.91 Å². The van der Waals surface area contributed by atoms with Crippen LogP contribution in [0, 0.1) is 0 Å². The van der Waals surface area contributed by atoms with Crippen LogP contribution in [0.2, 0.25) is 0 Å². The molecule has 0 heterocycles. The monoisotopic (exact) mass is 265 g/mol. The number of hydrogen-bond donors (Lipinski definition) is 2. The lowest BCUT2D eigenvalue weighted by atomic mass is 9.97. The van der Waals surface area contributed by atoms with Crippen molar-refractivity contribution in [1.82, 2.24) is 5.32 Å². The van der Waals surface area contributed by atoms with Gasteiger partial charge in [-0.2, -0.15) is 0 Å². The first-order chi connectivity index (χ1) is 8.94. The minimum absolute atomic E-state index is 0.344. The third-order valence-electron chi connectivity index (χ3n) is 3.54. The molecule has 0 aliphatic rings. The fourth-order valence-electron chi connectivity index (χ4n) is 1.83. The van der Waals surface area contributed by atoms with Crippen LogP contribution in [-0.4, -0.2) is 39.2 Å². The molecule has 1 aromatic rings. The highest BCUT2D eigenvalue weighted by molar-refractivity contribution is 5.84. The van der Waals surface area contributed by atoms with Gasteiger partial charge in [-0.15, -0.1) is 0 Å². The number of nitrogens with zero attached hydrogens (tertiary/aromatic N) is 1. The van der Waals surface area contributed by atoms with E-state index in [2.05, 4.69) is 10.2 Å². The number of hydrogen-bond acceptors (Lipinski definition) is 4. The average molecular weight is 265 g/mol. The number of rotatable bonds is 7. The second kappa shape index (κ2) is 6.43. The summed E-state index contributed by atoms with van der Waals surface area (Å²) in [5.41, 5.74) is 5.71. The molecule has 5 nitrogen and oxygen atoms in total. The summed E-state index contributed by atoms with van der Waals surface area (Å²) in [6.07, 6.45) is 0.618. The van der Waals surface area contributed by atoms with E-state index in [4.69, 9.17) is 10.5 Å². The summed E-state index contributed by atoms with van der Waals surface area (Å²) in [5, 5.41) is 2.98. The van der Waals surface area contributed by atoms with Crippen molar-refractivity contribution in [3.63, 3.8) is 0 Å². The minimum atomic E-state index is -0.698. The molecule has 0 fully saturated rings. The summed E-state index contributed by atoms with van der Waals surface area (Å²) in [7, 11) is 5.36. The van der Waals surface area contributed by atoms with E-state index in [1.165, 1.54) is 0 Å². The Morgan fingerprint density at radius 1 is 1.47 bits per heavy atom. The Kier molecular flexibility index (Phi) is 5.18. The maximum absolute atomic E-state index is 11.4. The molecule has 106 valence electrons. The predicted octanol–water partition coefficient (Wildman–Crippen LogP) is 0.985.